The lowest BCUT2D eigenvalue weighted by molar-refractivity contribution is -0.137. The summed E-state index contributed by atoms with van der Waals surface area (Å²) in [6.07, 6.45) is -3.27. The van der Waals surface area contributed by atoms with Crippen LogP contribution in [0.5, 0.6) is 0 Å². The van der Waals surface area contributed by atoms with Gasteiger partial charge in [-0.3, -0.25) is 4.79 Å². The number of rotatable bonds is 2. The van der Waals surface area contributed by atoms with Gasteiger partial charge >= 0.3 is 6.18 Å². The number of alkyl halides is 3. The predicted molar refractivity (Wildman–Crippen MR) is 68.5 cm³/mol. The second-order valence-electron chi connectivity index (χ2n) is 3.99. The van der Waals surface area contributed by atoms with E-state index < -0.39 is 17.5 Å². The number of ketones is 1. The van der Waals surface area contributed by atoms with E-state index in [1.54, 1.807) is 0 Å². The molecule has 0 bridgehead atoms. The summed E-state index contributed by atoms with van der Waals surface area (Å²) in [6.45, 7) is 0. The lowest BCUT2D eigenvalue weighted by Gasteiger charge is -2.09. The number of nitrogens with two attached hydrogens (primary N) is 1. The molecule has 7 heteroatoms. The molecule has 2 rings (SSSR count). The van der Waals surface area contributed by atoms with Crippen LogP contribution in [0.2, 0.25) is 5.02 Å². The number of nitrogens with zero attached hydrogens (tertiary/aromatic N) is 1. The number of anilines is 1. The maximum absolute atomic E-state index is 12.6. The van der Waals surface area contributed by atoms with Crippen LogP contribution >= 0.6 is 11.6 Å². The van der Waals surface area contributed by atoms with Crippen molar-refractivity contribution in [2.45, 2.75) is 6.18 Å². The van der Waals surface area contributed by atoms with Crippen LogP contribution in [0.4, 0.5) is 19.0 Å². The maximum atomic E-state index is 12.6. The van der Waals surface area contributed by atoms with Crippen molar-refractivity contribution in [3.63, 3.8) is 0 Å². The van der Waals surface area contributed by atoms with Gasteiger partial charge in [-0.25, -0.2) is 4.98 Å². The Morgan fingerprint density at radius 3 is 2.60 bits per heavy atom. The number of nitrogen functional groups attached to an aromatic ring is 1. The van der Waals surface area contributed by atoms with Gasteiger partial charge in [0, 0.05) is 11.8 Å². The molecule has 0 saturated heterocycles. The summed E-state index contributed by atoms with van der Waals surface area (Å²) in [7, 11) is 0. The van der Waals surface area contributed by atoms with Gasteiger partial charge in [-0.15, -0.1) is 0 Å². The van der Waals surface area contributed by atoms with Crippen molar-refractivity contribution in [1.29, 1.82) is 0 Å². The highest BCUT2D eigenvalue weighted by molar-refractivity contribution is 6.31. The fraction of sp³-hybridized carbons (Fsp3) is 0.0769. The van der Waals surface area contributed by atoms with Crippen LogP contribution in [0.3, 0.4) is 0 Å². The number of hydrogen-bond acceptors (Lipinski definition) is 3. The standard InChI is InChI=1S/C13H8ClF3N2O/c14-9-5-10(12(18)19-6-9)11(20)7-2-1-3-8(4-7)13(15,16)17/h1-6H,(H2,18,19). The van der Waals surface area contributed by atoms with Crippen molar-refractivity contribution in [3.05, 3.63) is 58.2 Å². The van der Waals surface area contributed by atoms with Crippen molar-refractivity contribution < 1.29 is 18.0 Å². The Hall–Kier alpha value is -2.08. The molecule has 2 aromatic rings. The van der Waals surface area contributed by atoms with E-state index in [1.165, 1.54) is 18.3 Å². The molecule has 0 spiro atoms. The highest BCUT2D eigenvalue weighted by atomic mass is 35.5. The summed E-state index contributed by atoms with van der Waals surface area (Å²) >= 11 is 5.70. The number of pyridine rings is 1. The van der Waals surface area contributed by atoms with Crippen LogP contribution in [-0.4, -0.2) is 10.8 Å². The molecule has 1 aromatic carbocycles. The van der Waals surface area contributed by atoms with E-state index in [9.17, 15) is 18.0 Å². The number of aromatic nitrogens is 1. The number of halogens is 4. The highest BCUT2D eigenvalue weighted by Gasteiger charge is 2.31. The van der Waals surface area contributed by atoms with Gasteiger partial charge in [-0.1, -0.05) is 23.7 Å². The van der Waals surface area contributed by atoms with E-state index in [-0.39, 0.29) is 22.0 Å². The van der Waals surface area contributed by atoms with Crippen molar-refractivity contribution >= 4 is 23.2 Å². The van der Waals surface area contributed by atoms with Gasteiger partial charge in [0.15, 0.2) is 5.78 Å². The average Bonchev–Trinajstić information content (AvgIpc) is 2.40. The second kappa shape index (κ2) is 5.13. The van der Waals surface area contributed by atoms with Crippen molar-refractivity contribution in [2.75, 3.05) is 5.73 Å². The summed E-state index contributed by atoms with van der Waals surface area (Å²) in [4.78, 5) is 15.9. The van der Waals surface area contributed by atoms with Crippen molar-refractivity contribution in [3.8, 4) is 0 Å². The molecule has 0 radical (unpaired) electrons. The van der Waals surface area contributed by atoms with Crippen molar-refractivity contribution in [2.24, 2.45) is 0 Å². The van der Waals surface area contributed by atoms with Crippen LogP contribution in [0.25, 0.3) is 0 Å². The molecule has 0 unspecified atom stereocenters. The minimum atomic E-state index is -4.52. The Kier molecular flexibility index (Phi) is 3.67. The molecular formula is C13H8ClF3N2O. The fourth-order valence-electron chi connectivity index (χ4n) is 1.62. The van der Waals surface area contributed by atoms with Crippen molar-refractivity contribution in [1.82, 2.24) is 4.98 Å². The van der Waals surface area contributed by atoms with Gasteiger partial charge < -0.3 is 5.73 Å². The Bertz CT molecular complexity index is 671. The number of benzene rings is 1. The molecule has 0 aliphatic rings. The lowest BCUT2D eigenvalue weighted by atomic mass is 10.0. The zero-order valence-corrected chi connectivity index (χ0v) is 10.7. The second-order valence-corrected chi connectivity index (χ2v) is 4.43. The summed E-state index contributed by atoms with van der Waals surface area (Å²) < 4.78 is 37.8. The summed E-state index contributed by atoms with van der Waals surface area (Å²) in [6, 6.07) is 5.35. The quantitative estimate of drug-likeness (QED) is 0.863. The number of carbonyl (C=O) groups excluding carboxylic acids is 1. The Morgan fingerprint density at radius 2 is 1.95 bits per heavy atom. The Morgan fingerprint density at radius 1 is 1.25 bits per heavy atom. The summed E-state index contributed by atoms with van der Waals surface area (Å²) in [5.41, 5.74) is 4.47. The first kappa shape index (κ1) is 14.3. The van der Waals surface area contributed by atoms with E-state index in [4.69, 9.17) is 17.3 Å². The smallest absolute Gasteiger partial charge is 0.383 e. The minimum Gasteiger partial charge on any atom is -0.383 e. The predicted octanol–water partition coefficient (Wildman–Crippen LogP) is 3.57. The van der Waals surface area contributed by atoms with Gasteiger partial charge in [-0.05, 0) is 18.2 Å². The monoisotopic (exact) mass is 300 g/mol. The molecule has 0 aliphatic heterocycles. The molecule has 0 amide bonds. The molecule has 2 N–H and O–H groups in total. The first-order valence-electron chi connectivity index (χ1n) is 5.42. The zero-order valence-electron chi connectivity index (χ0n) is 9.91. The summed E-state index contributed by atoms with van der Waals surface area (Å²) in [5.74, 6) is -0.750. The highest BCUT2D eigenvalue weighted by Crippen LogP contribution is 2.30. The Balaban J connectivity index is 2.46. The molecule has 1 aromatic heterocycles. The third-order valence-electron chi connectivity index (χ3n) is 2.58. The third-order valence-corrected chi connectivity index (χ3v) is 2.79. The van der Waals surface area contributed by atoms with E-state index in [0.717, 1.165) is 18.2 Å². The fourth-order valence-corrected chi connectivity index (χ4v) is 1.78. The molecule has 0 aliphatic carbocycles. The van der Waals surface area contributed by atoms with Crippen LogP contribution in [0.15, 0.2) is 36.5 Å². The number of carbonyl (C=O) groups is 1. The normalized spacial score (nSPS) is 11.4. The molecule has 20 heavy (non-hydrogen) atoms. The molecule has 3 nitrogen and oxygen atoms in total. The average molecular weight is 301 g/mol. The SMILES string of the molecule is Nc1ncc(Cl)cc1C(=O)c1cccc(C(F)(F)F)c1. The van der Waals surface area contributed by atoms with Crippen LogP contribution < -0.4 is 5.73 Å². The van der Waals surface area contributed by atoms with E-state index in [2.05, 4.69) is 4.98 Å². The molecule has 104 valence electrons. The first-order chi connectivity index (χ1) is 9.29. The molecule has 1 heterocycles. The molecule has 0 saturated carbocycles. The number of hydrogen-bond donors (Lipinski definition) is 1. The minimum absolute atomic E-state index is 0.0307. The zero-order chi connectivity index (χ0) is 14.9. The van der Waals surface area contributed by atoms with E-state index in [1.807, 2.05) is 0 Å². The van der Waals surface area contributed by atoms with Gasteiger partial charge in [0.2, 0.25) is 0 Å². The molecule has 0 fully saturated rings. The third kappa shape index (κ3) is 2.91. The van der Waals surface area contributed by atoms with Gasteiger partial charge in [0.1, 0.15) is 5.82 Å². The lowest BCUT2D eigenvalue weighted by Crippen LogP contribution is -2.10. The van der Waals surface area contributed by atoms with E-state index in [0.29, 0.717) is 0 Å². The Labute approximate surface area is 117 Å². The van der Waals surface area contributed by atoms with Gasteiger partial charge in [0.25, 0.3) is 0 Å². The van der Waals surface area contributed by atoms with E-state index >= 15 is 0 Å². The molecule has 0 atom stereocenters. The maximum Gasteiger partial charge on any atom is 0.416 e. The summed E-state index contributed by atoms with van der Waals surface area (Å²) in [5, 5.41) is 0.175. The van der Waals surface area contributed by atoms with Crippen LogP contribution in [0, 0.1) is 0 Å². The van der Waals surface area contributed by atoms with Crippen LogP contribution in [0.1, 0.15) is 21.5 Å². The first-order valence-corrected chi connectivity index (χ1v) is 5.80. The topological polar surface area (TPSA) is 56.0 Å². The largest absolute Gasteiger partial charge is 0.416 e. The van der Waals surface area contributed by atoms with Gasteiger partial charge in [-0.2, -0.15) is 13.2 Å². The van der Waals surface area contributed by atoms with Gasteiger partial charge in [0.05, 0.1) is 16.1 Å². The molecular weight excluding hydrogens is 293 g/mol. The van der Waals surface area contributed by atoms with Crippen LogP contribution in [-0.2, 0) is 6.18 Å².